The Morgan fingerprint density at radius 2 is 1.16 bits per heavy atom. The Morgan fingerprint density at radius 3 is 1.70 bits per heavy atom. The van der Waals surface area contributed by atoms with Crippen LogP contribution in [0.2, 0.25) is 0 Å². The highest BCUT2D eigenvalue weighted by Crippen LogP contribution is 2.47. The molecule has 7 unspecified atom stereocenters. The molecule has 19 nitrogen and oxygen atoms in total. The molecule has 0 bridgehead atoms. The van der Waals surface area contributed by atoms with E-state index in [9.17, 15) is 43.5 Å². The summed E-state index contributed by atoms with van der Waals surface area (Å²) in [4.78, 5) is 100. The van der Waals surface area contributed by atoms with E-state index in [0.717, 1.165) is 18.6 Å². The van der Waals surface area contributed by atoms with E-state index in [-0.39, 0.29) is 94.3 Å². The molecule has 19 heteroatoms. The van der Waals surface area contributed by atoms with Crippen LogP contribution in [0.5, 0.6) is 0 Å². The first kappa shape index (κ1) is 55.7. The fraction of sp³-hybridized carbons (Fsp3) is 0.708. The first-order valence-corrected chi connectivity index (χ1v) is 23.0. The third-order valence-corrected chi connectivity index (χ3v) is 12.7. The quantitative estimate of drug-likeness (QED) is 0.0262. The molecule has 376 valence electrons. The third kappa shape index (κ3) is 19.3. The van der Waals surface area contributed by atoms with Crippen LogP contribution in [-0.2, 0) is 52.4 Å². The number of carboxylic acid groups (broad SMARTS) is 1. The lowest BCUT2D eigenvalue weighted by Gasteiger charge is -2.47. The van der Waals surface area contributed by atoms with Crippen molar-refractivity contribution in [1.29, 1.82) is 0 Å². The number of carboxylic acids is 1. The zero-order valence-electron chi connectivity index (χ0n) is 40.4. The Labute approximate surface area is 394 Å². The van der Waals surface area contributed by atoms with E-state index in [1.54, 1.807) is 13.0 Å². The molecule has 0 saturated heterocycles. The second kappa shape index (κ2) is 24.9. The number of carbonyl (C=O) groups excluding carboxylic acids is 7. The lowest BCUT2D eigenvalue weighted by Crippen LogP contribution is -2.51. The average Bonchev–Trinajstić information content (AvgIpc) is 3.24. The highest BCUT2D eigenvalue weighted by Gasteiger charge is 2.44. The molecular formula is C48H74N4O15. The van der Waals surface area contributed by atoms with Gasteiger partial charge in [-0.05, 0) is 79.4 Å². The molecule has 3 aliphatic carbocycles. The van der Waals surface area contributed by atoms with Crippen LogP contribution in [0.1, 0.15) is 113 Å². The summed E-state index contributed by atoms with van der Waals surface area (Å²) in [5.41, 5.74) is -2.58. The van der Waals surface area contributed by atoms with Gasteiger partial charge in [0.25, 0.3) is 0 Å². The first-order chi connectivity index (χ1) is 31.3. The maximum absolute atomic E-state index is 13.6. The summed E-state index contributed by atoms with van der Waals surface area (Å²) in [6.45, 7) is 19.9. The van der Waals surface area contributed by atoms with Crippen LogP contribution in [0.4, 0.5) is 14.4 Å². The highest BCUT2D eigenvalue weighted by molar-refractivity contribution is 5.83. The number of hydrogen-bond donors (Lipinski definition) is 5. The molecule has 0 spiro atoms. The van der Waals surface area contributed by atoms with Crippen molar-refractivity contribution in [2.45, 2.75) is 125 Å². The van der Waals surface area contributed by atoms with Crippen molar-refractivity contribution >= 4 is 48.1 Å². The van der Waals surface area contributed by atoms with Gasteiger partial charge in [-0.3, -0.25) is 14.4 Å². The van der Waals surface area contributed by atoms with E-state index in [0.29, 0.717) is 45.1 Å². The van der Waals surface area contributed by atoms with E-state index < -0.39 is 70.2 Å². The molecule has 0 heterocycles. The third-order valence-electron chi connectivity index (χ3n) is 12.7. The molecule has 0 aromatic heterocycles. The van der Waals surface area contributed by atoms with Gasteiger partial charge in [0.1, 0.15) is 39.6 Å². The number of aliphatic carboxylic acids is 1. The minimum absolute atomic E-state index is 0.0130. The molecule has 67 heavy (non-hydrogen) atoms. The Kier molecular flexibility index (Phi) is 20.7. The number of esters is 3. The van der Waals surface area contributed by atoms with Gasteiger partial charge in [0.2, 0.25) is 5.91 Å². The normalized spacial score (nSPS) is 25.8. The standard InChI is InChI=1S/C48H74N4O15/c1-10-37(54)62-18-17-36(53)49-27-46(8)23-33(22-44(4,5)25-46)52-43(61)67-31-48(12-3,29-65-40(58)35-16-14-13-15-34(35)39(56)57)30-66-41(59)50-28-47(9)24-32(21-45(6,7)26-47)51-42(60)64-20-19-63-38(55)11-2/h10-11,14,16,32-35H,1-2,12-13,15,17-31H2,3-9H3,(H,49,53)(H,50,59)(H,51,60)(H,52,61)(H,56,57). The monoisotopic (exact) mass is 947 g/mol. The van der Waals surface area contributed by atoms with Gasteiger partial charge in [0, 0.05) is 37.3 Å². The molecule has 7 atom stereocenters. The van der Waals surface area contributed by atoms with Crippen LogP contribution in [0.15, 0.2) is 37.5 Å². The van der Waals surface area contributed by atoms with Crippen LogP contribution in [0.3, 0.4) is 0 Å². The number of nitrogens with one attached hydrogen (secondary N) is 4. The van der Waals surface area contributed by atoms with E-state index >= 15 is 0 Å². The van der Waals surface area contributed by atoms with Crippen LogP contribution in [0.25, 0.3) is 0 Å². The van der Waals surface area contributed by atoms with E-state index in [1.807, 2.05) is 13.8 Å². The molecule has 5 N–H and O–H groups in total. The van der Waals surface area contributed by atoms with Gasteiger partial charge in [-0.25, -0.2) is 24.0 Å². The molecule has 2 saturated carbocycles. The van der Waals surface area contributed by atoms with Crippen LogP contribution < -0.4 is 21.3 Å². The van der Waals surface area contributed by atoms with Crippen molar-refractivity contribution in [3.8, 4) is 0 Å². The summed E-state index contributed by atoms with van der Waals surface area (Å²) in [6, 6.07) is -0.629. The molecule has 0 radical (unpaired) electrons. The maximum Gasteiger partial charge on any atom is 0.407 e. The van der Waals surface area contributed by atoms with Crippen molar-refractivity contribution in [1.82, 2.24) is 21.3 Å². The Morgan fingerprint density at radius 1 is 0.672 bits per heavy atom. The van der Waals surface area contributed by atoms with Crippen molar-refractivity contribution in [3.05, 3.63) is 37.5 Å². The molecule has 0 aliphatic heterocycles. The van der Waals surface area contributed by atoms with Crippen molar-refractivity contribution in [2.75, 3.05) is 52.7 Å². The van der Waals surface area contributed by atoms with Crippen LogP contribution in [0, 0.1) is 38.9 Å². The van der Waals surface area contributed by atoms with Gasteiger partial charge < -0.3 is 54.8 Å². The Bertz CT molecular complexity index is 1830. The van der Waals surface area contributed by atoms with Crippen molar-refractivity contribution in [3.63, 3.8) is 0 Å². The van der Waals surface area contributed by atoms with Crippen molar-refractivity contribution < 1.29 is 71.9 Å². The fourth-order valence-corrected chi connectivity index (χ4v) is 10.1. The maximum atomic E-state index is 13.6. The predicted octanol–water partition coefficient (Wildman–Crippen LogP) is 5.91. The lowest BCUT2D eigenvalue weighted by atomic mass is 9.62. The predicted molar refractivity (Wildman–Crippen MR) is 244 cm³/mol. The van der Waals surface area contributed by atoms with Gasteiger partial charge in [0.05, 0.1) is 23.7 Å². The largest absolute Gasteiger partial charge is 0.481 e. The van der Waals surface area contributed by atoms with Gasteiger partial charge in [-0.15, -0.1) is 0 Å². The minimum Gasteiger partial charge on any atom is -0.481 e. The molecular weight excluding hydrogens is 873 g/mol. The summed E-state index contributed by atoms with van der Waals surface area (Å²) in [7, 11) is 0. The summed E-state index contributed by atoms with van der Waals surface area (Å²) in [6.07, 6.45) is 7.83. The summed E-state index contributed by atoms with van der Waals surface area (Å²) in [5, 5.41) is 21.4. The number of allylic oxidation sites excluding steroid dienone is 1. The smallest absolute Gasteiger partial charge is 0.407 e. The fourth-order valence-electron chi connectivity index (χ4n) is 10.1. The molecule has 4 amide bonds. The van der Waals surface area contributed by atoms with Crippen LogP contribution >= 0.6 is 0 Å². The number of rotatable bonds is 23. The van der Waals surface area contributed by atoms with Gasteiger partial charge in [-0.1, -0.05) is 73.8 Å². The number of amides is 4. The highest BCUT2D eigenvalue weighted by atomic mass is 16.6. The number of ether oxygens (including phenoxy) is 6. The molecule has 3 aliphatic rings. The number of alkyl carbamates (subject to hydrolysis) is 3. The summed E-state index contributed by atoms with van der Waals surface area (Å²) in [5.74, 6) is -5.41. The molecule has 3 rings (SSSR count). The van der Waals surface area contributed by atoms with Gasteiger partial charge in [-0.2, -0.15) is 0 Å². The topological polar surface area (TPSA) is 260 Å². The average molecular weight is 947 g/mol. The van der Waals surface area contributed by atoms with Gasteiger partial charge >= 0.3 is 42.2 Å². The molecule has 0 aromatic rings. The minimum atomic E-state index is -1.23. The second-order valence-corrected chi connectivity index (χ2v) is 20.7. The first-order valence-electron chi connectivity index (χ1n) is 23.0. The Hall–Kier alpha value is -5.62. The zero-order chi connectivity index (χ0) is 50.1. The van der Waals surface area contributed by atoms with Crippen LogP contribution in [-0.4, -0.2) is 118 Å². The lowest BCUT2D eigenvalue weighted by molar-refractivity contribution is -0.160. The summed E-state index contributed by atoms with van der Waals surface area (Å²) < 4.78 is 32.3. The SMILES string of the molecule is C=CC(=O)OCCOC(=O)NC1CC(C)(C)CC(C)(CNC(=O)OCC(CC)(COC(=O)NC2CC(C)(C)CC(C)(CNC(=O)CCOC(=O)C=C)C2)COC(=O)C2C=CCCC2C(=O)O)C1. The second-order valence-electron chi connectivity index (χ2n) is 20.7. The molecule has 0 aromatic carbocycles. The number of hydrogen-bond acceptors (Lipinski definition) is 14. The van der Waals surface area contributed by atoms with Crippen molar-refractivity contribution in [2.24, 2.45) is 38.9 Å². The van der Waals surface area contributed by atoms with E-state index in [2.05, 4.69) is 62.1 Å². The van der Waals surface area contributed by atoms with Gasteiger partial charge in [0.15, 0.2) is 0 Å². The van der Waals surface area contributed by atoms with E-state index in [1.165, 1.54) is 6.08 Å². The Balaban J connectivity index is 1.67. The molecule has 2 fully saturated rings. The zero-order valence-corrected chi connectivity index (χ0v) is 40.4. The number of carbonyl (C=O) groups is 8. The van der Waals surface area contributed by atoms with E-state index in [4.69, 9.17) is 28.4 Å². The summed E-state index contributed by atoms with van der Waals surface area (Å²) >= 11 is 0.